The van der Waals surface area contributed by atoms with Crippen molar-refractivity contribution in [3.63, 3.8) is 0 Å². The van der Waals surface area contributed by atoms with E-state index < -0.39 is 0 Å². The average molecular weight is 329 g/mol. The lowest BCUT2D eigenvalue weighted by Crippen LogP contribution is -2.47. The summed E-state index contributed by atoms with van der Waals surface area (Å²) >= 11 is 1.28. The summed E-state index contributed by atoms with van der Waals surface area (Å²) in [5, 5.41) is 6.94. The van der Waals surface area contributed by atoms with Crippen LogP contribution in [0.1, 0.15) is 5.69 Å². The number of hydrogen-bond donors (Lipinski definition) is 2. The van der Waals surface area contributed by atoms with E-state index in [-0.39, 0.29) is 0 Å². The van der Waals surface area contributed by atoms with Crippen LogP contribution in [0.25, 0.3) is 11.0 Å². The predicted molar refractivity (Wildman–Crippen MR) is 92.8 cm³/mol. The lowest BCUT2D eigenvalue weighted by Gasteiger charge is -2.36. The Hall–Kier alpha value is -2.19. The minimum Gasteiger partial charge on any atom is -0.382 e. The fraction of sp³-hybridized carbons (Fsp3) is 0.400. The molecule has 4 rings (SSSR count). The highest BCUT2D eigenvalue weighted by Crippen LogP contribution is 2.26. The lowest BCUT2D eigenvalue weighted by atomic mass is 10.2. The van der Waals surface area contributed by atoms with Crippen molar-refractivity contribution in [1.82, 2.24) is 23.8 Å². The maximum Gasteiger partial charge on any atom is 0.145 e. The zero-order chi connectivity index (χ0) is 15.6. The van der Waals surface area contributed by atoms with E-state index in [1.165, 1.54) is 17.4 Å². The third-order valence-electron chi connectivity index (χ3n) is 4.33. The van der Waals surface area contributed by atoms with E-state index in [1.54, 1.807) is 0 Å². The van der Waals surface area contributed by atoms with Gasteiger partial charge in [0.05, 0.1) is 17.4 Å². The van der Waals surface area contributed by atoms with Gasteiger partial charge in [-0.15, -0.1) is 0 Å². The summed E-state index contributed by atoms with van der Waals surface area (Å²) < 4.78 is 8.77. The van der Waals surface area contributed by atoms with Gasteiger partial charge in [0.1, 0.15) is 16.9 Å². The first-order chi connectivity index (χ1) is 11.3. The Labute approximate surface area is 138 Å². The molecular weight excluding hydrogens is 310 g/mol. The first kappa shape index (κ1) is 14.4. The van der Waals surface area contributed by atoms with Gasteiger partial charge in [0.15, 0.2) is 0 Å². The highest BCUT2D eigenvalue weighted by Gasteiger charge is 2.19. The van der Waals surface area contributed by atoms with Crippen LogP contribution in [0.15, 0.2) is 24.3 Å². The number of aromatic amines is 1. The summed E-state index contributed by atoms with van der Waals surface area (Å²) in [7, 11) is 0. The van der Waals surface area contributed by atoms with Crippen LogP contribution in [0.3, 0.4) is 0 Å². The Morgan fingerprint density at radius 3 is 2.83 bits per heavy atom. The first-order valence-corrected chi connectivity index (χ1v) is 8.51. The van der Waals surface area contributed by atoms with Gasteiger partial charge in [-0.2, -0.15) is 13.8 Å². The monoisotopic (exact) mass is 329 g/mol. The number of aromatic nitrogens is 4. The van der Waals surface area contributed by atoms with Crippen LogP contribution in [0.4, 0.5) is 11.5 Å². The highest BCUT2D eigenvalue weighted by atomic mass is 32.1. The van der Waals surface area contributed by atoms with E-state index in [0.717, 1.165) is 55.9 Å². The quantitative estimate of drug-likeness (QED) is 0.751. The molecule has 0 bridgehead atoms. The molecular formula is C15H19N7S. The van der Waals surface area contributed by atoms with E-state index in [4.69, 9.17) is 5.73 Å². The third kappa shape index (κ3) is 2.99. The molecule has 1 aliphatic rings. The Balaban J connectivity index is 1.36. The molecule has 23 heavy (non-hydrogen) atoms. The fourth-order valence-electron chi connectivity index (χ4n) is 3.05. The number of fused-ring (bicyclic) bond motifs is 1. The molecule has 1 saturated heterocycles. The van der Waals surface area contributed by atoms with Crippen molar-refractivity contribution in [2.45, 2.75) is 6.42 Å². The molecule has 2 aromatic heterocycles. The standard InChI is InChI=1S/C15H19N7S/c16-14-10-11(17-18-14)4-5-21-6-8-22(9-7-21)13-3-1-2-12-15(13)20-23-19-12/h1-3,10H,4-9H2,(H3,16,17,18). The number of nitrogens with zero attached hydrogens (tertiary/aromatic N) is 5. The largest absolute Gasteiger partial charge is 0.382 e. The van der Waals surface area contributed by atoms with Crippen molar-refractivity contribution < 1.29 is 0 Å². The van der Waals surface area contributed by atoms with E-state index >= 15 is 0 Å². The number of benzene rings is 1. The molecule has 0 aliphatic carbocycles. The van der Waals surface area contributed by atoms with E-state index in [9.17, 15) is 0 Å². The maximum atomic E-state index is 5.63. The minimum atomic E-state index is 0.565. The molecule has 0 saturated carbocycles. The summed E-state index contributed by atoms with van der Waals surface area (Å²) in [6, 6.07) is 8.14. The van der Waals surface area contributed by atoms with Gasteiger partial charge >= 0.3 is 0 Å². The first-order valence-electron chi connectivity index (χ1n) is 7.78. The van der Waals surface area contributed by atoms with E-state index in [2.05, 4.69) is 40.9 Å². The number of hydrogen-bond acceptors (Lipinski definition) is 7. The van der Waals surface area contributed by atoms with E-state index in [0.29, 0.717) is 5.82 Å². The van der Waals surface area contributed by atoms with E-state index in [1.807, 2.05) is 12.1 Å². The Morgan fingerprint density at radius 2 is 2.04 bits per heavy atom. The Bertz CT molecular complexity index is 788. The Kier molecular flexibility index (Phi) is 3.84. The molecule has 7 nitrogen and oxygen atoms in total. The molecule has 3 heterocycles. The normalized spacial score (nSPS) is 16.3. The molecule has 0 spiro atoms. The van der Waals surface area contributed by atoms with Crippen molar-refractivity contribution in [3.05, 3.63) is 30.0 Å². The summed E-state index contributed by atoms with van der Waals surface area (Å²) in [5.41, 5.74) is 9.96. The fourth-order valence-corrected chi connectivity index (χ4v) is 3.59. The topological polar surface area (TPSA) is 87.0 Å². The number of nitrogen functional groups attached to an aromatic ring is 1. The van der Waals surface area contributed by atoms with Gasteiger partial charge < -0.3 is 10.6 Å². The van der Waals surface area contributed by atoms with Gasteiger partial charge in [-0.05, 0) is 12.1 Å². The minimum absolute atomic E-state index is 0.565. The second kappa shape index (κ2) is 6.13. The zero-order valence-electron chi connectivity index (χ0n) is 12.8. The van der Waals surface area contributed by atoms with Gasteiger partial charge in [-0.3, -0.25) is 10.00 Å². The van der Waals surface area contributed by atoms with Gasteiger partial charge in [0.2, 0.25) is 0 Å². The van der Waals surface area contributed by atoms with Crippen LogP contribution in [-0.2, 0) is 6.42 Å². The lowest BCUT2D eigenvalue weighted by molar-refractivity contribution is 0.260. The van der Waals surface area contributed by atoms with Crippen molar-refractivity contribution >= 4 is 34.3 Å². The second-order valence-corrected chi connectivity index (χ2v) is 6.33. The van der Waals surface area contributed by atoms with Crippen molar-refractivity contribution in [2.75, 3.05) is 43.4 Å². The zero-order valence-corrected chi connectivity index (χ0v) is 13.6. The van der Waals surface area contributed by atoms with Gasteiger partial charge in [0, 0.05) is 50.9 Å². The SMILES string of the molecule is Nc1cc(CCN2CCN(c3cccc4nsnc34)CC2)[nH]n1. The number of nitrogens with two attached hydrogens (primary N) is 1. The van der Waals surface area contributed by atoms with Crippen LogP contribution < -0.4 is 10.6 Å². The molecule has 3 aromatic rings. The summed E-state index contributed by atoms with van der Waals surface area (Å²) in [6.07, 6.45) is 0.954. The molecule has 1 aliphatic heterocycles. The smallest absolute Gasteiger partial charge is 0.145 e. The summed E-state index contributed by atoms with van der Waals surface area (Å²) in [6.45, 7) is 5.16. The summed E-state index contributed by atoms with van der Waals surface area (Å²) in [4.78, 5) is 4.89. The molecule has 0 unspecified atom stereocenters. The summed E-state index contributed by atoms with van der Waals surface area (Å²) in [5.74, 6) is 0.565. The highest BCUT2D eigenvalue weighted by molar-refractivity contribution is 7.00. The Morgan fingerprint density at radius 1 is 1.17 bits per heavy atom. The third-order valence-corrected chi connectivity index (χ3v) is 4.87. The van der Waals surface area contributed by atoms with Crippen molar-refractivity contribution in [2.24, 2.45) is 0 Å². The molecule has 1 aromatic carbocycles. The van der Waals surface area contributed by atoms with Crippen LogP contribution in [0.2, 0.25) is 0 Å². The van der Waals surface area contributed by atoms with Crippen LogP contribution in [0.5, 0.6) is 0 Å². The number of anilines is 2. The molecule has 0 radical (unpaired) electrons. The molecule has 0 atom stereocenters. The van der Waals surface area contributed by atoms with Gasteiger partial charge in [0.25, 0.3) is 0 Å². The number of piperazine rings is 1. The van der Waals surface area contributed by atoms with Crippen LogP contribution >= 0.6 is 11.7 Å². The average Bonchev–Trinajstić information content (AvgIpc) is 3.22. The molecule has 0 amide bonds. The maximum absolute atomic E-state index is 5.63. The van der Waals surface area contributed by atoms with Crippen LogP contribution in [0, 0.1) is 0 Å². The number of rotatable bonds is 4. The van der Waals surface area contributed by atoms with Crippen LogP contribution in [-0.4, -0.2) is 56.6 Å². The van der Waals surface area contributed by atoms with Crippen molar-refractivity contribution in [3.8, 4) is 0 Å². The van der Waals surface area contributed by atoms with Crippen molar-refractivity contribution in [1.29, 1.82) is 0 Å². The van der Waals surface area contributed by atoms with Gasteiger partial charge in [-0.1, -0.05) is 6.07 Å². The molecule has 3 N–H and O–H groups in total. The number of nitrogens with one attached hydrogen (secondary N) is 1. The predicted octanol–water partition coefficient (Wildman–Crippen LogP) is 1.36. The molecule has 1 fully saturated rings. The molecule has 8 heteroatoms. The second-order valence-electron chi connectivity index (χ2n) is 5.81. The molecule has 120 valence electrons. The van der Waals surface area contributed by atoms with Gasteiger partial charge in [-0.25, -0.2) is 0 Å². The number of H-pyrrole nitrogens is 1.